The Morgan fingerprint density at radius 2 is 1.65 bits per heavy atom. The van der Waals surface area contributed by atoms with Crippen LogP contribution in [0.4, 0.5) is 17.6 Å². The van der Waals surface area contributed by atoms with E-state index < -0.39 is 28.9 Å². The van der Waals surface area contributed by atoms with Crippen LogP contribution in [-0.4, -0.2) is 5.78 Å². The molecule has 0 spiro atoms. The SMILES string of the molecule is Cc1ccc(F)cc1C(=O)c1ccccc1C(F)(F)F. The highest BCUT2D eigenvalue weighted by Crippen LogP contribution is 2.33. The highest BCUT2D eigenvalue weighted by molar-refractivity contribution is 6.10. The van der Waals surface area contributed by atoms with Crippen molar-refractivity contribution >= 4 is 5.78 Å². The maximum atomic E-state index is 13.2. The number of benzene rings is 2. The molecule has 0 saturated carbocycles. The van der Waals surface area contributed by atoms with Crippen LogP contribution >= 0.6 is 0 Å². The van der Waals surface area contributed by atoms with Crippen molar-refractivity contribution in [3.8, 4) is 0 Å². The largest absolute Gasteiger partial charge is 0.417 e. The smallest absolute Gasteiger partial charge is 0.289 e. The van der Waals surface area contributed by atoms with Crippen LogP contribution in [0.2, 0.25) is 0 Å². The number of hydrogen-bond acceptors (Lipinski definition) is 1. The summed E-state index contributed by atoms with van der Waals surface area (Å²) in [5.74, 6) is -1.50. The van der Waals surface area contributed by atoms with Crippen LogP contribution in [0.15, 0.2) is 42.5 Å². The zero-order valence-electron chi connectivity index (χ0n) is 10.5. The molecule has 104 valence electrons. The molecule has 0 atom stereocenters. The summed E-state index contributed by atoms with van der Waals surface area (Å²) in [5, 5.41) is 0. The van der Waals surface area contributed by atoms with Crippen molar-refractivity contribution < 1.29 is 22.4 Å². The molecule has 20 heavy (non-hydrogen) atoms. The minimum atomic E-state index is -4.63. The molecule has 0 bridgehead atoms. The molecule has 0 aliphatic rings. The minimum Gasteiger partial charge on any atom is -0.289 e. The first-order valence-electron chi connectivity index (χ1n) is 5.78. The Morgan fingerprint density at radius 1 is 1.00 bits per heavy atom. The molecule has 2 aromatic carbocycles. The first-order valence-corrected chi connectivity index (χ1v) is 5.78. The second kappa shape index (κ2) is 5.07. The summed E-state index contributed by atoms with van der Waals surface area (Å²) in [5.41, 5.74) is -1.14. The van der Waals surface area contributed by atoms with Gasteiger partial charge in [0.15, 0.2) is 5.78 Å². The van der Waals surface area contributed by atoms with Crippen molar-refractivity contribution in [1.29, 1.82) is 0 Å². The summed E-state index contributed by atoms with van der Waals surface area (Å²) < 4.78 is 51.8. The highest BCUT2D eigenvalue weighted by atomic mass is 19.4. The van der Waals surface area contributed by atoms with Crippen molar-refractivity contribution in [2.75, 3.05) is 0 Å². The molecule has 0 saturated heterocycles. The fourth-order valence-electron chi connectivity index (χ4n) is 1.91. The molecule has 0 unspecified atom stereocenters. The summed E-state index contributed by atoms with van der Waals surface area (Å²) in [7, 11) is 0. The van der Waals surface area contributed by atoms with Gasteiger partial charge in [-0.05, 0) is 30.7 Å². The second-order valence-electron chi connectivity index (χ2n) is 4.33. The summed E-state index contributed by atoms with van der Waals surface area (Å²) in [4.78, 5) is 12.2. The van der Waals surface area contributed by atoms with Crippen molar-refractivity contribution in [3.63, 3.8) is 0 Å². The second-order valence-corrected chi connectivity index (χ2v) is 4.33. The van der Waals surface area contributed by atoms with Gasteiger partial charge in [0, 0.05) is 11.1 Å². The lowest BCUT2D eigenvalue weighted by atomic mass is 9.95. The lowest BCUT2D eigenvalue weighted by Crippen LogP contribution is -2.14. The van der Waals surface area contributed by atoms with Gasteiger partial charge < -0.3 is 0 Å². The molecule has 1 nitrogen and oxygen atoms in total. The Morgan fingerprint density at radius 3 is 2.30 bits per heavy atom. The van der Waals surface area contributed by atoms with Gasteiger partial charge in [0.05, 0.1) is 5.56 Å². The van der Waals surface area contributed by atoms with E-state index in [0.717, 1.165) is 24.3 Å². The zero-order chi connectivity index (χ0) is 14.9. The number of rotatable bonds is 2. The average Bonchev–Trinajstić information content (AvgIpc) is 2.40. The number of aryl methyl sites for hydroxylation is 1. The summed E-state index contributed by atoms with van der Waals surface area (Å²) in [6.07, 6.45) is -4.63. The Bertz CT molecular complexity index is 659. The first kappa shape index (κ1) is 14.2. The van der Waals surface area contributed by atoms with E-state index in [1.54, 1.807) is 6.92 Å². The van der Waals surface area contributed by atoms with E-state index in [1.165, 1.54) is 18.2 Å². The van der Waals surface area contributed by atoms with Gasteiger partial charge in [0.1, 0.15) is 5.82 Å². The van der Waals surface area contributed by atoms with E-state index in [-0.39, 0.29) is 5.56 Å². The third-order valence-corrected chi connectivity index (χ3v) is 2.92. The highest BCUT2D eigenvalue weighted by Gasteiger charge is 2.35. The van der Waals surface area contributed by atoms with Crippen molar-refractivity contribution in [3.05, 3.63) is 70.5 Å². The van der Waals surface area contributed by atoms with E-state index in [0.29, 0.717) is 5.56 Å². The minimum absolute atomic E-state index is 0.0679. The van der Waals surface area contributed by atoms with Gasteiger partial charge in [0.2, 0.25) is 0 Å². The zero-order valence-corrected chi connectivity index (χ0v) is 10.5. The molecule has 0 heterocycles. The number of carbonyl (C=O) groups excluding carboxylic acids is 1. The van der Waals surface area contributed by atoms with Gasteiger partial charge in [0.25, 0.3) is 0 Å². The van der Waals surface area contributed by atoms with E-state index >= 15 is 0 Å². The van der Waals surface area contributed by atoms with Gasteiger partial charge in [-0.15, -0.1) is 0 Å². The normalized spacial score (nSPS) is 11.4. The monoisotopic (exact) mass is 282 g/mol. The van der Waals surface area contributed by atoms with E-state index in [2.05, 4.69) is 0 Å². The summed E-state index contributed by atoms with van der Waals surface area (Å²) in [6.45, 7) is 1.54. The van der Waals surface area contributed by atoms with Crippen molar-refractivity contribution in [2.45, 2.75) is 13.1 Å². The third kappa shape index (κ3) is 2.71. The number of alkyl halides is 3. The Hall–Kier alpha value is -2.17. The van der Waals surface area contributed by atoms with E-state index in [4.69, 9.17) is 0 Å². The topological polar surface area (TPSA) is 17.1 Å². The molecule has 0 amide bonds. The Labute approximate surface area is 112 Å². The Kier molecular flexibility index (Phi) is 3.61. The number of halogens is 4. The van der Waals surface area contributed by atoms with E-state index in [1.807, 2.05) is 0 Å². The summed E-state index contributed by atoms with van der Waals surface area (Å²) >= 11 is 0. The molecule has 0 fully saturated rings. The van der Waals surface area contributed by atoms with Crippen LogP contribution in [0.1, 0.15) is 27.0 Å². The number of ketones is 1. The molecule has 2 rings (SSSR count). The average molecular weight is 282 g/mol. The van der Waals surface area contributed by atoms with Crippen molar-refractivity contribution in [2.24, 2.45) is 0 Å². The molecular formula is C15H10F4O. The van der Waals surface area contributed by atoms with Gasteiger partial charge >= 0.3 is 6.18 Å². The molecule has 0 aliphatic heterocycles. The molecule has 0 radical (unpaired) electrons. The Balaban J connectivity index is 2.57. The number of carbonyl (C=O) groups is 1. The predicted octanol–water partition coefficient (Wildman–Crippen LogP) is 4.38. The van der Waals surface area contributed by atoms with Crippen LogP contribution in [0.5, 0.6) is 0 Å². The maximum absolute atomic E-state index is 13.2. The van der Waals surface area contributed by atoms with Gasteiger partial charge in [-0.3, -0.25) is 4.79 Å². The maximum Gasteiger partial charge on any atom is 0.417 e. The fourth-order valence-corrected chi connectivity index (χ4v) is 1.91. The van der Waals surface area contributed by atoms with Gasteiger partial charge in [-0.2, -0.15) is 13.2 Å². The molecule has 2 aromatic rings. The lowest BCUT2D eigenvalue weighted by Gasteiger charge is -2.12. The molecular weight excluding hydrogens is 272 g/mol. The predicted molar refractivity (Wildman–Crippen MR) is 66.0 cm³/mol. The fraction of sp³-hybridized carbons (Fsp3) is 0.133. The summed E-state index contributed by atoms with van der Waals surface area (Å²) in [6, 6.07) is 7.94. The van der Waals surface area contributed by atoms with E-state index in [9.17, 15) is 22.4 Å². The van der Waals surface area contributed by atoms with Crippen LogP contribution < -0.4 is 0 Å². The standard InChI is InChI=1S/C15H10F4O/c1-9-6-7-10(16)8-12(9)14(20)11-4-2-3-5-13(11)15(17,18)19/h2-8H,1H3. The van der Waals surface area contributed by atoms with Crippen LogP contribution in [0.3, 0.4) is 0 Å². The quantitative estimate of drug-likeness (QED) is 0.590. The molecule has 0 N–H and O–H groups in total. The van der Waals surface area contributed by atoms with Crippen LogP contribution in [-0.2, 0) is 6.18 Å². The van der Waals surface area contributed by atoms with Crippen LogP contribution in [0, 0.1) is 12.7 Å². The third-order valence-electron chi connectivity index (χ3n) is 2.92. The lowest BCUT2D eigenvalue weighted by molar-refractivity contribution is -0.137. The van der Waals surface area contributed by atoms with Crippen LogP contribution in [0.25, 0.3) is 0 Å². The first-order chi connectivity index (χ1) is 9.30. The van der Waals surface area contributed by atoms with Gasteiger partial charge in [-0.25, -0.2) is 4.39 Å². The number of hydrogen-bond donors (Lipinski definition) is 0. The van der Waals surface area contributed by atoms with Gasteiger partial charge in [-0.1, -0.05) is 24.3 Å². The molecule has 5 heteroatoms. The molecule has 0 aliphatic carbocycles. The van der Waals surface area contributed by atoms with Crippen molar-refractivity contribution in [1.82, 2.24) is 0 Å². The molecule has 0 aromatic heterocycles.